The molecule has 1 heterocycles. The minimum Gasteiger partial charge on any atom is -0.319 e. The molecule has 3 nitrogen and oxygen atoms in total. The van der Waals surface area contributed by atoms with Gasteiger partial charge in [0.1, 0.15) is 10.8 Å². The maximum atomic E-state index is 13.7. The number of halogens is 5. The van der Waals surface area contributed by atoms with Crippen LogP contribution in [0.2, 0.25) is 5.02 Å². The Bertz CT molecular complexity index is 724. The zero-order valence-corrected chi connectivity index (χ0v) is 12.9. The van der Waals surface area contributed by atoms with E-state index < -0.39 is 23.7 Å². The van der Waals surface area contributed by atoms with E-state index in [0.717, 1.165) is 6.07 Å². The zero-order valence-electron chi connectivity index (χ0n) is 11.3. The normalized spacial score (nSPS) is 11.3. The molecule has 2 aromatic rings. The molecule has 122 valence electrons. The van der Waals surface area contributed by atoms with Crippen molar-refractivity contribution in [3.63, 3.8) is 0 Å². The molecule has 1 aromatic carbocycles. The smallest absolute Gasteiger partial charge is 0.319 e. The number of pyridine rings is 1. The number of hydrogen-bond acceptors (Lipinski definition) is 3. The van der Waals surface area contributed by atoms with Gasteiger partial charge in [-0.15, -0.1) is 0 Å². The van der Waals surface area contributed by atoms with Gasteiger partial charge in [-0.05, 0) is 30.3 Å². The summed E-state index contributed by atoms with van der Waals surface area (Å²) in [6.45, 7) is 0. The molecule has 0 spiro atoms. The van der Waals surface area contributed by atoms with E-state index in [-0.39, 0.29) is 21.3 Å². The predicted octanol–water partition coefficient (Wildman–Crippen LogP) is 4.78. The van der Waals surface area contributed by atoms with Crippen molar-refractivity contribution >= 4 is 35.0 Å². The van der Waals surface area contributed by atoms with Gasteiger partial charge in [0.2, 0.25) is 0 Å². The fraction of sp³-hybridized carbons (Fsp3) is 0.143. The Morgan fingerprint density at radius 2 is 2.04 bits per heavy atom. The highest BCUT2D eigenvalue weighted by Gasteiger charge is 2.28. The molecule has 0 bridgehead atoms. The van der Waals surface area contributed by atoms with E-state index in [4.69, 9.17) is 11.6 Å². The van der Waals surface area contributed by atoms with E-state index in [0.29, 0.717) is 11.8 Å². The van der Waals surface area contributed by atoms with Crippen LogP contribution in [-0.2, 0) is 0 Å². The number of alkyl halides is 3. The number of carbonyl (C=O) groups excluding carboxylic acids is 1. The molecule has 0 saturated carbocycles. The average Bonchev–Trinajstić information content (AvgIpc) is 2.47. The molecule has 0 unspecified atom stereocenters. The van der Waals surface area contributed by atoms with Crippen LogP contribution in [0.5, 0.6) is 0 Å². The lowest BCUT2D eigenvalue weighted by molar-refractivity contribution is -0.105. The summed E-state index contributed by atoms with van der Waals surface area (Å²) in [6, 6.07) is 6.37. The third-order valence-corrected chi connectivity index (χ3v) is 3.87. The van der Waals surface area contributed by atoms with Crippen LogP contribution in [0.15, 0.2) is 41.6 Å². The molecule has 0 aliphatic carbocycles. The summed E-state index contributed by atoms with van der Waals surface area (Å²) in [7, 11) is 0. The number of anilines is 1. The first-order valence-corrected chi connectivity index (χ1v) is 7.53. The molecule has 1 amide bonds. The lowest BCUT2D eigenvalue weighted by atomic mass is 10.2. The number of nitrogens with zero attached hydrogens (tertiary/aromatic N) is 1. The highest BCUT2D eigenvalue weighted by Crippen LogP contribution is 2.28. The van der Waals surface area contributed by atoms with E-state index in [1.807, 2.05) is 0 Å². The van der Waals surface area contributed by atoms with E-state index in [2.05, 4.69) is 10.3 Å². The monoisotopic (exact) mass is 364 g/mol. The minimum absolute atomic E-state index is 0.0731. The number of thioether (sulfide) groups is 1. The van der Waals surface area contributed by atoms with Crippen molar-refractivity contribution in [1.29, 1.82) is 0 Å². The largest absolute Gasteiger partial charge is 0.398 e. The van der Waals surface area contributed by atoms with Gasteiger partial charge in [-0.1, -0.05) is 23.4 Å². The Morgan fingerprint density at radius 1 is 1.30 bits per heavy atom. The van der Waals surface area contributed by atoms with Crippen molar-refractivity contribution in [3.05, 3.63) is 52.9 Å². The highest BCUT2D eigenvalue weighted by molar-refractivity contribution is 7.99. The first kappa shape index (κ1) is 17.6. The molecule has 0 fully saturated rings. The summed E-state index contributed by atoms with van der Waals surface area (Å²) < 4.78 is 50.6. The Hall–Kier alpha value is -1.80. The second-order valence-corrected chi connectivity index (χ2v) is 5.74. The van der Waals surface area contributed by atoms with Crippen LogP contribution in [0, 0.1) is 5.82 Å². The van der Waals surface area contributed by atoms with Crippen molar-refractivity contribution in [2.45, 2.75) is 11.2 Å². The van der Waals surface area contributed by atoms with Crippen molar-refractivity contribution in [1.82, 2.24) is 4.98 Å². The highest BCUT2D eigenvalue weighted by atomic mass is 35.5. The molecule has 9 heteroatoms. The van der Waals surface area contributed by atoms with Crippen LogP contribution in [0.3, 0.4) is 0 Å². The van der Waals surface area contributed by atoms with Crippen molar-refractivity contribution in [3.8, 4) is 0 Å². The van der Waals surface area contributed by atoms with Gasteiger partial charge in [-0.2, -0.15) is 13.2 Å². The Labute approximate surface area is 138 Å². The third-order valence-electron chi connectivity index (χ3n) is 2.57. The quantitative estimate of drug-likeness (QED) is 0.627. The van der Waals surface area contributed by atoms with Gasteiger partial charge in [0, 0.05) is 11.2 Å². The Morgan fingerprint density at radius 3 is 2.70 bits per heavy atom. The van der Waals surface area contributed by atoms with Gasteiger partial charge >= 0.3 is 6.18 Å². The summed E-state index contributed by atoms with van der Waals surface area (Å²) in [5, 5.41) is 2.35. The molecule has 0 radical (unpaired) electrons. The molecular formula is C14H9ClF4N2OS. The lowest BCUT2D eigenvalue weighted by Gasteiger charge is -2.11. The lowest BCUT2D eigenvalue weighted by Crippen LogP contribution is -2.16. The maximum Gasteiger partial charge on any atom is 0.398 e. The molecule has 1 N–H and O–H groups in total. The van der Waals surface area contributed by atoms with Gasteiger partial charge in [-0.25, -0.2) is 9.37 Å². The van der Waals surface area contributed by atoms with Crippen LogP contribution < -0.4 is 5.32 Å². The van der Waals surface area contributed by atoms with Crippen LogP contribution in [0.4, 0.5) is 23.2 Å². The SMILES string of the molecule is O=C(Nc1ccc(Cl)cc1F)c1cccnc1SCC(F)(F)F. The van der Waals surface area contributed by atoms with Gasteiger partial charge in [0.05, 0.1) is 17.0 Å². The summed E-state index contributed by atoms with van der Waals surface area (Å²) >= 11 is 5.99. The Kier molecular flexibility index (Phi) is 5.48. The predicted molar refractivity (Wildman–Crippen MR) is 80.4 cm³/mol. The number of aromatic nitrogens is 1. The second-order valence-electron chi connectivity index (χ2n) is 4.34. The van der Waals surface area contributed by atoms with Crippen LogP contribution in [-0.4, -0.2) is 22.8 Å². The summed E-state index contributed by atoms with van der Waals surface area (Å²) in [4.78, 5) is 15.9. The van der Waals surface area contributed by atoms with Crippen LogP contribution in [0.1, 0.15) is 10.4 Å². The fourth-order valence-electron chi connectivity index (χ4n) is 1.61. The second kappa shape index (κ2) is 7.18. The molecule has 23 heavy (non-hydrogen) atoms. The summed E-state index contributed by atoms with van der Waals surface area (Å²) in [5.41, 5.74) is -0.203. The van der Waals surface area contributed by atoms with E-state index in [1.165, 1.54) is 30.5 Å². The van der Waals surface area contributed by atoms with Gasteiger partial charge in [-0.3, -0.25) is 4.79 Å². The first-order chi connectivity index (χ1) is 10.8. The van der Waals surface area contributed by atoms with Crippen molar-refractivity contribution in [2.75, 3.05) is 11.1 Å². The molecule has 0 atom stereocenters. The van der Waals surface area contributed by atoms with E-state index >= 15 is 0 Å². The van der Waals surface area contributed by atoms with Crippen molar-refractivity contribution in [2.24, 2.45) is 0 Å². The molecule has 2 rings (SSSR count). The average molecular weight is 365 g/mol. The first-order valence-electron chi connectivity index (χ1n) is 6.17. The van der Waals surface area contributed by atoms with Gasteiger partial charge < -0.3 is 5.32 Å². The van der Waals surface area contributed by atoms with Gasteiger partial charge in [0.25, 0.3) is 5.91 Å². The number of rotatable bonds is 4. The fourth-order valence-corrected chi connectivity index (χ4v) is 2.52. The number of amides is 1. The standard InChI is InChI=1S/C14H9ClF4N2OS/c15-8-3-4-11(10(16)6-8)21-12(22)9-2-1-5-20-13(9)23-7-14(17,18)19/h1-6H,7H2,(H,21,22). The summed E-state index contributed by atoms with van der Waals surface area (Å²) in [5.74, 6) is -2.69. The molecule has 0 aliphatic heterocycles. The van der Waals surface area contributed by atoms with Crippen molar-refractivity contribution < 1.29 is 22.4 Å². The number of hydrogen-bond donors (Lipinski definition) is 1. The Balaban J connectivity index is 2.19. The zero-order chi connectivity index (χ0) is 17.0. The molecule has 1 aromatic heterocycles. The molecular weight excluding hydrogens is 356 g/mol. The topological polar surface area (TPSA) is 42.0 Å². The molecule has 0 saturated heterocycles. The van der Waals surface area contributed by atoms with E-state index in [9.17, 15) is 22.4 Å². The number of benzene rings is 1. The third kappa shape index (κ3) is 5.11. The minimum atomic E-state index is -4.39. The molecule has 0 aliphatic rings. The van der Waals surface area contributed by atoms with Crippen LogP contribution >= 0.6 is 23.4 Å². The van der Waals surface area contributed by atoms with E-state index in [1.54, 1.807) is 0 Å². The summed E-state index contributed by atoms with van der Waals surface area (Å²) in [6.07, 6.45) is -3.11. The van der Waals surface area contributed by atoms with Crippen LogP contribution in [0.25, 0.3) is 0 Å². The number of carbonyl (C=O) groups is 1. The number of nitrogens with one attached hydrogen (secondary N) is 1. The van der Waals surface area contributed by atoms with Gasteiger partial charge in [0.15, 0.2) is 0 Å². The maximum absolute atomic E-state index is 13.7.